The van der Waals surface area contributed by atoms with Crippen molar-refractivity contribution in [1.29, 1.82) is 0 Å². The molecule has 0 bridgehead atoms. The van der Waals surface area contributed by atoms with Crippen molar-refractivity contribution in [3.63, 3.8) is 0 Å². The Morgan fingerprint density at radius 3 is 3.05 bits per heavy atom. The van der Waals surface area contributed by atoms with Crippen LogP contribution in [0.3, 0.4) is 0 Å². The molecule has 1 heterocycles. The summed E-state index contributed by atoms with van der Waals surface area (Å²) in [5.41, 5.74) is 1.40. The normalized spacial score (nSPS) is 26.2. The molecule has 2 aliphatic rings. The number of benzene rings is 1. The van der Waals surface area contributed by atoms with Crippen LogP contribution in [0.25, 0.3) is 0 Å². The summed E-state index contributed by atoms with van der Waals surface area (Å²) >= 11 is 8.10. The highest BCUT2D eigenvalue weighted by molar-refractivity contribution is 7.99. The van der Waals surface area contributed by atoms with Gasteiger partial charge in [0.15, 0.2) is 0 Å². The lowest BCUT2D eigenvalue weighted by atomic mass is 9.93. The number of thioether (sulfide) groups is 1. The van der Waals surface area contributed by atoms with E-state index in [0.717, 1.165) is 17.5 Å². The van der Waals surface area contributed by atoms with E-state index in [1.807, 2.05) is 17.8 Å². The van der Waals surface area contributed by atoms with Gasteiger partial charge in [-0.3, -0.25) is 0 Å². The van der Waals surface area contributed by atoms with E-state index in [1.165, 1.54) is 41.9 Å². The summed E-state index contributed by atoms with van der Waals surface area (Å²) in [4.78, 5) is 1.40. The minimum absolute atomic E-state index is 0.487. The average molecular weight is 294 g/mol. The highest BCUT2D eigenvalue weighted by Gasteiger charge is 2.21. The molecule has 0 saturated heterocycles. The van der Waals surface area contributed by atoms with Crippen LogP contribution in [-0.2, 0) is 0 Å². The zero-order valence-corrected chi connectivity index (χ0v) is 12.6. The van der Waals surface area contributed by atoms with E-state index in [2.05, 4.69) is 29.6 Å². The van der Waals surface area contributed by atoms with Crippen LogP contribution >= 0.6 is 23.4 Å². The first-order chi connectivity index (χ1) is 9.33. The van der Waals surface area contributed by atoms with Gasteiger partial charge in [-0.1, -0.05) is 23.8 Å². The Balaban J connectivity index is 1.66. The van der Waals surface area contributed by atoms with Crippen molar-refractivity contribution < 1.29 is 0 Å². The fourth-order valence-corrected chi connectivity index (χ4v) is 4.21. The van der Waals surface area contributed by atoms with Crippen LogP contribution in [0.15, 0.2) is 35.2 Å². The zero-order chi connectivity index (χ0) is 13.1. The number of rotatable bonds is 3. The van der Waals surface area contributed by atoms with Gasteiger partial charge in [0.2, 0.25) is 0 Å². The quantitative estimate of drug-likeness (QED) is 0.802. The van der Waals surface area contributed by atoms with E-state index >= 15 is 0 Å². The second kappa shape index (κ2) is 6.34. The third-order valence-corrected chi connectivity index (χ3v) is 5.40. The Bertz CT molecular complexity index is 472. The number of allylic oxidation sites excluding steroid dienone is 2. The third kappa shape index (κ3) is 3.36. The van der Waals surface area contributed by atoms with Crippen molar-refractivity contribution in [3.8, 4) is 0 Å². The van der Waals surface area contributed by atoms with Gasteiger partial charge < -0.3 is 5.32 Å². The second-order valence-corrected chi connectivity index (χ2v) is 7.00. The van der Waals surface area contributed by atoms with Gasteiger partial charge in [-0.05, 0) is 67.7 Å². The third-order valence-electron chi connectivity index (χ3n) is 4.04. The minimum atomic E-state index is 0.487. The van der Waals surface area contributed by atoms with Gasteiger partial charge >= 0.3 is 0 Å². The molecule has 2 atom stereocenters. The predicted octanol–water partition coefficient (Wildman–Crippen LogP) is 4.82. The largest absolute Gasteiger partial charge is 0.310 e. The van der Waals surface area contributed by atoms with Crippen LogP contribution < -0.4 is 5.32 Å². The first-order valence-corrected chi connectivity index (χ1v) is 8.50. The van der Waals surface area contributed by atoms with Gasteiger partial charge in [0, 0.05) is 16.0 Å². The lowest BCUT2D eigenvalue weighted by Crippen LogP contribution is -2.30. The lowest BCUT2D eigenvalue weighted by Gasteiger charge is -2.28. The molecule has 0 spiro atoms. The molecule has 1 N–H and O–H groups in total. The second-order valence-electron chi connectivity index (χ2n) is 5.43. The molecule has 0 amide bonds. The molecule has 2 unspecified atom stereocenters. The van der Waals surface area contributed by atoms with Gasteiger partial charge in [-0.15, -0.1) is 11.8 Å². The Kier molecular flexibility index (Phi) is 4.52. The molecule has 1 aliphatic heterocycles. The molecule has 0 radical (unpaired) electrons. The van der Waals surface area contributed by atoms with Gasteiger partial charge in [-0.2, -0.15) is 0 Å². The van der Waals surface area contributed by atoms with E-state index in [1.54, 1.807) is 0 Å². The van der Waals surface area contributed by atoms with Crippen LogP contribution in [-0.4, -0.2) is 12.3 Å². The molecular weight excluding hydrogens is 274 g/mol. The standard InChI is InChI=1S/C16H20ClNS/c17-13-6-7-16-14(10-13)15(8-9-19-16)18-11-12-4-2-1-3-5-12/h1-2,6-7,10,12,15,18H,3-5,8-9,11H2. The van der Waals surface area contributed by atoms with E-state index in [0.29, 0.717) is 6.04 Å². The average Bonchev–Trinajstić information content (AvgIpc) is 2.46. The summed E-state index contributed by atoms with van der Waals surface area (Å²) in [6.07, 6.45) is 9.65. The van der Waals surface area contributed by atoms with E-state index in [-0.39, 0.29) is 0 Å². The molecule has 3 rings (SSSR count). The fourth-order valence-electron chi connectivity index (χ4n) is 2.93. The summed E-state index contributed by atoms with van der Waals surface area (Å²) < 4.78 is 0. The van der Waals surface area contributed by atoms with Crippen molar-refractivity contribution in [1.82, 2.24) is 5.32 Å². The first kappa shape index (κ1) is 13.5. The lowest BCUT2D eigenvalue weighted by molar-refractivity contribution is 0.398. The summed E-state index contributed by atoms with van der Waals surface area (Å²) in [6, 6.07) is 6.80. The monoisotopic (exact) mass is 293 g/mol. The molecule has 102 valence electrons. The molecule has 1 aromatic rings. The maximum atomic E-state index is 6.14. The summed E-state index contributed by atoms with van der Waals surface area (Å²) in [5, 5.41) is 4.62. The summed E-state index contributed by atoms with van der Waals surface area (Å²) in [6.45, 7) is 1.13. The number of nitrogens with one attached hydrogen (secondary N) is 1. The Labute approximate surface area is 124 Å². The molecule has 1 aliphatic carbocycles. The number of hydrogen-bond acceptors (Lipinski definition) is 2. The van der Waals surface area contributed by atoms with Gasteiger partial charge in [-0.25, -0.2) is 0 Å². The molecule has 1 aromatic carbocycles. The Morgan fingerprint density at radius 2 is 2.21 bits per heavy atom. The molecule has 0 saturated carbocycles. The van der Waals surface area contributed by atoms with Crippen molar-refractivity contribution in [3.05, 3.63) is 40.9 Å². The number of hydrogen-bond donors (Lipinski definition) is 1. The van der Waals surface area contributed by atoms with Crippen molar-refractivity contribution in [2.75, 3.05) is 12.3 Å². The van der Waals surface area contributed by atoms with Crippen molar-refractivity contribution in [2.45, 2.75) is 36.6 Å². The van der Waals surface area contributed by atoms with Crippen molar-refractivity contribution in [2.24, 2.45) is 5.92 Å². The van der Waals surface area contributed by atoms with Crippen LogP contribution in [0.1, 0.15) is 37.3 Å². The van der Waals surface area contributed by atoms with E-state index in [9.17, 15) is 0 Å². The van der Waals surface area contributed by atoms with Crippen LogP contribution in [0.2, 0.25) is 5.02 Å². The Hall–Kier alpha value is -0.440. The molecule has 3 heteroatoms. The summed E-state index contributed by atoms with van der Waals surface area (Å²) in [7, 11) is 0. The number of halogens is 1. The highest BCUT2D eigenvalue weighted by atomic mass is 35.5. The summed E-state index contributed by atoms with van der Waals surface area (Å²) in [5.74, 6) is 2.01. The molecule has 1 nitrogen and oxygen atoms in total. The Morgan fingerprint density at radius 1 is 1.26 bits per heavy atom. The molecule has 0 fully saturated rings. The van der Waals surface area contributed by atoms with Crippen molar-refractivity contribution >= 4 is 23.4 Å². The van der Waals surface area contributed by atoms with Gasteiger partial charge in [0.1, 0.15) is 0 Å². The SMILES string of the molecule is Clc1ccc2c(c1)C(NCC1CC=CCC1)CCS2. The van der Waals surface area contributed by atoms with Crippen LogP contribution in [0.4, 0.5) is 0 Å². The maximum Gasteiger partial charge on any atom is 0.0410 e. The van der Waals surface area contributed by atoms with E-state index < -0.39 is 0 Å². The smallest absolute Gasteiger partial charge is 0.0410 e. The number of fused-ring (bicyclic) bond motifs is 1. The first-order valence-electron chi connectivity index (χ1n) is 7.13. The van der Waals surface area contributed by atoms with Gasteiger partial charge in [0.05, 0.1) is 0 Å². The van der Waals surface area contributed by atoms with Crippen LogP contribution in [0.5, 0.6) is 0 Å². The topological polar surface area (TPSA) is 12.0 Å². The molecule has 19 heavy (non-hydrogen) atoms. The van der Waals surface area contributed by atoms with E-state index in [4.69, 9.17) is 11.6 Å². The fraction of sp³-hybridized carbons (Fsp3) is 0.500. The molecular formula is C16H20ClNS. The zero-order valence-electron chi connectivity index (χ0n) is 11.1. The van der Waals surface area contributed by atoms with Gasteiger partial charge in [0.25, 0.3) is 0 Å². The highest BCUT2D eigenvalue weighted by Crippen LogP contribution is 2.37. The van der Waals surface area contributed by atoms with Crippen LogP contribution in [0, 0.1) is 5.92 Å². The molecule has 0 aromatic heterocycles. The maximum absolute atomic E-state index is 6.14. The predicted molar refractivity (Wildman–Crippen MR) is 84.0 cm³/mol. The minimum Gasteiger partial charge on any atom is -0.310 e.